The van der Waals surface area contributed by atoms with Crippen molar-refractivity contribution >= 4 is 33.1 Å². The average Bonchev–Trinajstić information content (AvgIpc) is 2.77. The van der Waals surface area contributed by atoms with Gasteiger partial charge < -0.3 is 20.5 Å². The summed E-state index contributed by atoms with van der Waals surface area (Å²) in [7, 11) is -3.51. The molecule has 3 aromatic carbocycles. The fourth-order valence-corrected chi connectivity index (χ4v) is 4.10. The van der Waals surface area contributed by atoms with Crippen molar-refractivity contribution in [3.8, 4) is 11.5 Å². The van der Waals surface area contributed by atoms with Crippen LogP contribution < -0.4 is 20.1 Å². The van der Waals surface area contributed by atoms with Crippen LogP contribution in [-0.2, 0) is 16.6 Å². The summed E-state index contributed by atoms with van der Waals surface area (Å²) in [4.78, 5) is 25.6. The summed E-state index contributed by atoms with van der Waals surface area (Å²) in [5.74, 6) is -0.861. The number of nitrogens with zero attached hydrogens (tertiary/aromatic N) is 1. The third-order valence-corrected chi connectivity index (χ3v) is 5.71. The van der Waals surface area contributed by atoms with Crippen molar-refractivity contribution in [2.75, 3.05) is 29.0 Å². The second-order valence-electron chi connectivity index (χ2n) is 7.96. The maximum Gasteiger partial charge on any atom is 0.252 e. The van der Waals surface area contributed by atoms with E-state index in [1.807, 2.05) is 35.2 Å². The predicted octanol–water partition coefficient (Wildman–Crippen LogP) is 3.15. The topological polar surface area (TPSA) is 139 Å². The number of phenols is 1. The smallest absolute Gasteiger partial charge is 0.252 e. The molecule has 3 aromatic rings. The minimum atomic E-state index is -3.51. The number of carbonyl (C=O) groups excluding carboxylic acids is 2. The molecule has 10 heteroatoms. The van der Waals surface area contributed by atoms with E-state index in [9.17, 15) is 23.1 Å². The molecule has 0 fully saturated rings. The number of nitrogens with two attached hydrogens (primary N) is 1. The monoisotopic (exact) mass is 497 g/mol. The largest absolute Gasteiger partial charge is 0.507 e. The Morgan fingerprint density at radius 3 is 2.31 bits per heavy atom. The van der Waals surface area contributed by atoms with Gasteiger partial charge in [-0.2, -0.15) is 0 Å². The number of hydrogen-bond donors (Lipinski definition) is 3. The van der Waals surface area contributed by atoms with Gasteiger partial charge in [0, 0.05) is 18.2 Å². The van der Waals surface area contributed by atoms with E-state index < -0.39 is 15.9 Å². The van der Waals surface area contributed by atoms with Gasteiger partial charge in [0.15, 0.2) is 5.78 Å². The van der Waals surface area contributed by atoms with Crippen molar-refractivity contribution in [3.05, 3.63) is 83.4 Å². The minimum Gasteiger partial charge on any atom is -0.507 e. The zero-order chi connectivity index (χ0) is 25.6. The van der Waals surface area contributed by atoms with Gasteiger partial charge in [0.25, 0.3) is 5.91 Å². The number of nitrogens with one attached hydrogen (secondary N) is 1. The zero-order valence-corrected chi connectivity index (χ0v) is 20.2. The van der Waals surface area contributed by atoms with Gasteiger partial charge >= 0.3 is 0 Å². The van der Waals surface area contributed by atoms with E-state index in [0.717, 1.165) is 11.8 Å². The molecule has 0 unspecified atom stereocenters. The maximum atomic E-state index is 12.4. The number of primary amides is 1. The lowest BCUT2D eigenvalue weighted by Crippen LogP contribution is -2.29. The third-order valence-electron chi connectivity index (χ3n) is 5.10. The summed E-state index contributed by atoms with van der Waals surface area (Å²) in [6, 6.07) is 18.6. The van der Waals surface area contributed by atoms with Crippen LogP contribution in [0.5, 0.6) is 11.5 Å². The van der Waals surface area contributed by atoms with Crippen LogP contribution in [0.25, 0.3) is 0 Å². The summed E-state index contributed by atoms with van der Waals surface area (Å²) < 4.78 is 31.7. The molecule has 3 rings (SSSR count). The van der Waals surface area contributed by atoms with E-state index in [4.69, 9.17) is 10.5 Å². The summed E-state index contributed by atoms with van der Waals surface area (Å²) >= 11 is 0. The Bertz CT molecular complexity index is 1330. The highest BCUT2D eigenvalue weighted by molar-refractivity contribution is 7.92. The molecule has 9 nitrogen and oxygen atoms in total. The second-order valence-corrected chi connectivity index (χ2v) is 9.71. The van der Waals surface area contributed by atoms with Crippen LogP contribution >= 0.6 is 0 Å². The van der Waals surface area contributed by atoms with Crippen molar-refractivity contribution < 1.29 is 27.9 Å². The summed E-state index contributed by atoms with van der Waals surface area (Å²) in [5.41, 5.74) is 7.50. The first-order valence-electron chi connectivity index (χ1n) is 10.7. The molecule has 0 atom stereocenters. The molecule has 0 aromatic heterocycles. The van der Waals surface area contributed by atoms with Crippen molar-refractivity contribution in [3.63, 3.8) is 0 Å². The lowest BCUT2D eigenvalue weighted by atomic mass is 10.1. The van der Waals surface area contributed by atoms with Crippen LogP contribution in [0.1, 0.15) is 33.2 Å². The lowest BCUT2D eigenvalue weighted by molar-refractivity contribution is 0.0994. The minimum absolute atomic E-state index is 0.00987. The van der Waals surface area contributed by atoms with Crippen molar-refractivity contribution in [2.24, 2.45) is 5.73 Å². The molecule has 0 heterocycles. The van der Waals surface area contributed by atoms with Gasteiger partial charge in [-0.25, -0.2) is 8.42 Å². The van der Waals surface area contributed by atoms with Crippen molar-refractivity contribution in [1.29, 1.82) is 0 Å². The number of hydrogen-bond acceptors (Lipinski definition) is 7. The number of ketones is 1. The SMILES string of the molecule is CC(=O)c1ccc(NS(C)(=O)=O)cc1N(CCOc1ccc(C(N)=O)c(O)c1)Cc1ccccc1. The molecule has 0 saturated carbocycles. The molecular formula is C25H27N3O6S. The maximum absolute atomic E-state index is 12.4. The molecular weight excluding hydrogens is 470 g/mol. The number of carbonyl (C=O) groups is 2. The number of sulfonamides is 1. The van der Waals surface area contributed by atoms with E-state index >= 15 is 0 Å². The Morgan fingerprint density at radius 1 is 1.03 bits per heavy atom. The molecule has 0 spiro atoms. The molecule has 0 aliphatic rings. The number of aromatic hydroxyl groups is 1. The molecule has 0 saturated heterocycles. The van der Waals surface area contributed by atoms with Crippen molar-refractivity contribution in [2.45, 2.75) is 13.5 Å². The van der Waals surface area contributed by atoms with Gasteiger partial charge in [-0.05, 0) is 42.8 Å². The molecule has 0 bridgehead atoms. The number of Topliss-reactive ketones (excluding diaryl/α,β-unsaturated/α-hetero) is 1. The Morgan fingerprint density at radius 2 is 1.71 bits per heavy atom. The van der Waals surface area contributed by atoms with Crippen LogP contribution in [0, 0.1) is 0 Å². The summed E-state index contributed by atoms with van der Waals surface area (Å²) in [5, 5.41) is 9.98. The van der Waals surface area contributed by atoms with Crippen LogP contribution in [0.4, 0.5) is 11.4 Å². The normalized spacial score (nSPS) is 11.0. The van der Waals surface area contributed by atoms with Crippen LogP contribution in [0.3, 0.4) is 0 Å². The van der Waals surface area contributed by atoms with E-state index in [-0.39, 0.29) is 23.7 Å². The zero-order valence-electron chi connectivity index (χ0n) is 19.4. The Labute approximate surface area is 204 Å². The molecule has 0 aliphatic heterocycles. The highest BCUT2D eigenvalue weighted by Gasteiger charge is 2.17. The highest BCUT2D eigenvalue weighted by atomic mass is 32.2. The standard InChI is InChI=1S/C25H27N3O6S/c1-17(29)21-10-8-19(27-35(2,32)33)14-23(21)28(16-18-6-4-3-5-7-18)12-13-34-20-9-11-22(25(26)31)24(30)15-20/h3-11,14-15,27,30H,12-13,16H2,1-2H3,(H2,26,31). The first-order valence-corrected chi connectivity index (χ1v) is 12.6. The fourth-order valence-electron chi connectivity index (χ4n) is 3.54. The third kappa shape index (κ3) is 7.21. The van der Waals surface area contributed by atoms with Crippen molar-refractivity contribution in [1.82, 2.24) is 0 Å². The van der Waals surface area contributed by atoms with Gasteiger partial charge in [-0.15, -0.1) is 0 Å². The fraction of sp³-hybridized carbons (Fsp3) is 0.200. The van der Waals surface area contributed by atoms with Gasteiger partial charge in [-0.3, -0.25) is 14.3 Å². The van der Waals surface area contributed by atoms with E-state index in [0.29, 0.717) is 35.8 Å². The van der Waals surface area contributed by atoms with Crippen LogP contribution in [-0.4, -0.2) is 44.6 Å². The van der Waals surface area contributed by atoms with Gasteiger partial charge in [0.05, 0.1) is 29.7 Å². The average molecular weight is 498 g/mol. The van der Waals surface area contributed by atoms with Crippen LogP contribution in [0.15, 0.2) is 66.7 Å². The van der Waals surface area contributed by atoms with E-state index in [2.05, 4.69) is 4.72 Å². The molecule has 0 radical (unpaired) electrons. The number of benzene rings is 3. The highest BCUT2D eigenvalue weighted by Crippen LogP contribution is 2.28. The Hall–Kier alpha value is -4.05. The Kier molecular flexibility index (Phi) is 7.98. The number of ether oxygens (including phenoxy) is 1. The van der Waals surface area contributed by atoms with Gasteiger partial charge in [0.1, 0.15) is 18.1 Å². The van der Waals surface area contributed by atoms with E-state index in [1.165, 1.54) is 25.1 Å². The molecule has 184 valence electrons. The lowest BCUT2D eigenvalue weighted by Gasteiger charge is -2.27. The van der Waals surface area contributed by atoms with E-state index in [1.54, 1.807) is 18.2 Å². The quantitative estimate of drug-likeness (QED) is 0.346. The second kappa shape index (κ2) is 10.9. The molecule has 0 aliphatic carbocycles. The first kappa shape index (κ1) is 25.6. The molecule has 4 N–H and O–H groups in total. The Balaban J connectivity index is 1.89. The summed E-state index contributed by atoms with van der Waals surface area (Å²) in [6.07, 6.45) is 1.06. The number of amides is 1. The number of anilines is 2. The molecule has 1 amide bonds. The van der Waals surface area contributed by atoms with Gasteiger partial charge in [-0.1, -0.05) is 30.3 Å². The number of rotatable bonds is 11. The van der Waals surface area contributed by atoms with Gasteiger partial charge in [0.2, 0.25) is 10.0 Å². The van der Waals surface area contributed by atoms with Crippen LogP contribution in [0.2, 0.25) is 0 Å². The first-order chi connectivity index (χ1) is 16.5. The molecule has 35 heavy (non-hydrogen) atoms. The predicted molar refractivity (Wildman–Crippen MR) is 135 cm³/mol. The summed E-state index contributed by atoms with van der Waals surface area (Å²) in [6.45, 7) is 2.38.